The highest BCUT2D eigenvalue weighted by Crippen LogP contribution is 2.23. The van der Waals surface area contributed by atoms with Crippen molar-refractivity contribution in [2.45, 2.75) is 37.6 Å². The summed E-state index contributed by atoms with van der Waals surface area (Å²) in [4.78, 5) is 13.4. The molecule has 0 spiro atoms. The van der Waals surface area contributed by atoms with Crippen molar-refractivity contribution in [2.75, 3.05) is 5.75 Å². The molecule has 0 aliphatic heterocycles. The standard InChI is InChI=1S/C20H24ClNOS/c1-15(2)14-19(16-6-4-3-5-7-16)22-20(23)12-13-24-18-10-8-17(21)9-11-18/h3-11,15,19H,12-14H2,1-2H3,(H,22,23). The summed E-state index contributed by atoms with van der Waals surface area (Å²) in [5.74, 6) is 1.39. The van der Waals surface area contributed by atoms with E-state index in [1.165, 1.54) is 5.56 Å². The van der Waals surface area contributed by atoms with Crippen LogP contribution in [0, 0.1) is 5.92 Å². The molecule has 1 atom stereocenters. The fourth-order valence-electron chi connectivity index (χ4n) is 2.49. The monoisotopic (exact) mass is 361 g/mol. The van der Waals surface area contributed by atoms with Crippen molar-refractivity contribution in [1.29, 1.82) is 0 Å². The van der Waals surface area contributed by atoms with Gasteiger partial charge in [-0.2, -0.15) is 0 Å². The minimum Gasteiger partial charge on any atom is -0.349 e. The average molecular weight is 362 g/mol. The van der Waals surface area contributed by atoms with Gasteiger partial charge in [-0.05, 0) is 42.2 Å². The summed E-state index contributed by atoms with van der Waals surface area (Å²) in [5.41, 5.74) is 1.17. The van der Waals surface area contributed by atoms with Crippen molar-refractivity contribution in [2.24, 2.45) is 5.92 Å². The Bertz CT molecular complexity index is 628. The Labute approximate surface area is 154 Å². The zero-order chi connectivity index (χ0) is 17.4. The Morgan fingerprint density at radius 3 is 2.38 bits per heavy atom. The number of nitrogens with one attached hydrogen (secondary N) is 1. The van der Waals surface area contributed by atoms with Crippen molar-refractivity contribution in [3.63, 3.8) is 0 Å². The van der Waals surface area contributed by atoms with E-state index in [1.54, 1.807) is 11.8 Å². The van der Waals surface area contributed by atoms with Crippen molar-refractivity contribution >= 4 is 29.3 Å². The van der Waals surface area contributed by atoms with Gasteiger partial charge in [0.05, 0.1) is 6.04 Å². The van der Waals surface area contributed by atoms with Gasteiger partial charge in [0.25, 0.3) is 0 Å². The fourth-order valence-corrected chi connectivity index (χ4v) is 3.47. The van der Waals surface area contributed by atoms with E-state index in [4.69, 9.17) is 11.6 Å². The maximum atomic E-state index is 12.3. The third-order valence-corrected chi connectivity index (χ3v) is 4.92. The van der Waals surface area contributed by atoms with Crippen LogP contribution in [0.5, 0.6) is 0 Å². The quantitative estimate of drug-likeness (QED) is 0.608. The molecule has 2 rings (SSSR count). The van der Waals surface area contributed by atoms with Gasteiger partial charge in [0.2, 0.25) is 5.91 Å². The molecule has 1 unspecified atom stereocenters. The van der Waals surface area contributed by atoms with Crippen LogP contribution in [0.3, 0.4) is 0 Å². The lowest BCUT2D eigenvalue weighted by atomic mass is 9.97. The van der Waals surface area contributed by atoms with E-state index in [9.17, 15) is 4.79 Å². The third kappa shape index (κ3) is 6.58. The molecule has 4 heteroatoms. The summed E-state index contributed by atoms with van der Waals surface area (Å²) in [7, 11) is 0. The molecular formula is C20H24ClNOS. The number of carbonyl (C=O) groups is 1. The molecule has 1 amide bonds. The highest BCUT2D eigenvalue weighted by Gasteiger charge is 2.15. The molecule has 0 radical (unpaired) electrons. The first-order valence-corrected chi connectivity index (χ1v) is 9.63. The molecule has 0 aromatic heterocycles. The van der Waals surface area contributed by atoms with Gasteiger partial charge in [-0.3, -0.25) is 4.79 Å². The van der Waals surface area contributed by atoms with Crippen LogP contribution < -0.4 is 5.32 Å². The first kappa shape index (κ1) is 18.9. The average Bonchev–Trinajstić information content (AvgIpc) is 2.56. The minimum atomic E-state index is 0.0826. The van der Waals surface area contributed by atoms with E-state index < -0.39 is 0 Å². The van der Waals surface area contributed by atoms with Gasteiger partial charge in [0, 0.05) is 22.1 Å². The van der Waals surface area contributed by atoms with E-state index >= 15 is 0 Å². The summed E-state index contributed by atoms with van der Waals surface area (Å²) in [5, 5.41) is 3.92. The van der Waals surface area contributed by atoms with E-state index in [0.717, 1.165) is 22.1 Å². The van der Waals surface area contributed by atoms with Crippen LogP contribution in [0.4, 0.5) is 0 Å². The molecule has 2 nitrogen and oxygen atoms in total. The maximum absolute atomic E-state index is 12.3. The molecule has 0 heterocycles. The molecule has 2 aromatic carbocycles. The first-order chi connectivity index (χ1) is 11.5. The van der Waals surface area contributed by atoms with Crippen LogP contribution in [0.15, 0.2) is 59.5 Å². The van der Waals surface area contributed by atoms with Crippen LogP contribution in [-0.4, -0.2) is 11.7 Å². The van der Waals surface area contributed by atoms with Crippen molar-refractivity contribution < 1.29 is 4.79 Å². The van der Waals surface area contributed by atoms with Gasteiger partial charge < -0.3 is 5.32 Å². The van der Waals surface area contributed by atoms with E-state index in [1.807, 2.05) is 42.5 Å². The molecule has 2 aromatic rings. The Hall–Kier alpha value is -1.45. The van der Waals surface area contributed by atoms with Gasteiger partial charge >= 0.3 is 0 Å². The highest BCUT2D eigenvalue weighted by atomic mass is 35.5. The zero-order valence-corrected chi connectivity index (χ0v) is 15.7. The Morgan fingerprint density at radius 2 is 1.75 bits per heavy atom. The van der Waals surface area contributed by atoms with Crippen LogP contribution >= 0.6 is 23.4 Å². The van der Waals surface area contributed by atoms with E-state index in [0.29, 0.717) is 12.3 Å². The number of halogens is 1. The smallest absolute Gasteiger partial charge is 0.221 e. The molecule has 0 saturated heterocycles. The maximum Gasteiger partial charge on any atom is 0.221 e. The van der Waals surface area contributed by atoms with Gasteiger partial charge in [-0.25, -0.2) is 0 Å². The Morgan fingerprint density at radius 1 is 1.08 bits per heavy atom. The molecule has 128 valence electrons. The van der Waals surface area contributed by atoms with Gasteiger partial charge in [-0.1, -0.05) is 55.8 Å². The second kappa shape index (κ2) is 9.75. The lowest BCUT2D eigenvalue weighted by Gasteiger charge is -2.21. The van der Waals surface area contributed by atoms with Gasteiger partial charge in [-0.15, -0.1) is 11.8 Å². The summed E-state index contributed by atoms with van der Waals surface area (Å²) < 4.78 is 0. The van der Waals surface area contributed by atoms with Crippen molar-refractivity contribution in [3.05, 3.63) is 65.2 Å². The lowest BCUT2D eigenvalue weighted by Crippen LogP contribution is -2.29. The van der Waals surface area contributed by atoms with Crippen LogP contribution in [0.25, 0.3) is 0 Å². The normalized spacial score (nSPS) is 12.2. The SMILES string of the molecule is CC(C)CC(NC(=O)CCSc1ccc(Cl)cc1)c1ccccc1. The number of benzene rings is 2. The number of rotatable bonds is 8. The summed E-state index contributed by atoms with van der Waals surface area (Å²) in [6.45, 7) is 4.36. The second-order valence-corrected chi connectivity index (χ2v) is 7.82. The van der Waals surface area contributed by atoms with Crippen LogP contribution in [0.2, 0.25) is 5.02 Å². The van der Waals surface area contributed by atoms with Crippen LogP contribution in [0.1, 0.15) is 38.3 Å². The molecule has 1 N–H and O–H groups in total. The van der Waals surface area contributed by atoms with Gasteiger partial charge in [0.15, 0.2) is 0 Å². The predicted molar refractivity (Wildman–Crippen MR) is 104 cm³/mol. The number of hydrogen-bond acceptors (Lipinski definition) is 2. The predicted octanol–water partition coefficient (Wildman–Crippen LogP) is 5.73. The van der Waals surface area contributed by atoms with Gasteiger partial charge in [0.1, 0.15) is 0 Å². The minimum absolute atomic E-state index is 0.0826. The molecule has 0 aliphatic carbocycles. The first-order valence-electron chi connectivity index (χ1n) is 8.27. The Balaban J connectivity index is 1.85. The number of thioether (sulfide) groups is 1. The summed E-state index contributed by atoms with van der Waals surface area (Å²) in [6, 6.07) is 18.0. The molecule has 0 aliphatic rings. The molecular weight excluding hydrogens is 338 g/mol. The molecule has 24 heavy (non-hydrogen) atoms. The van der Waals surface area contributed by atoms with E-state index in [2.05, 4.69) is 31.3 Å². The molecule has 0 fully saturated rings. The highest BCUT2D eigenvalue weighted by molar-refractivity contribution is 7.99. The topological polar surface area (TPSA) is 29.1 Å². The summed E-state index contributed by atoms with van der Waals surface area (Å²) in [6.07, 6.45) is 1.45. The molecule has 0 bridgehead atoms. The zero-order valence-electron chi connectivity index (χ0n) is 14.2. The molecule has 0 saturated carbocycles. The number of amides is 1. The fraction of sp³-hybridized carbons (Fsp3) is 0.350. The van der Waals surface area contributed by atoms with Crippen LogP contribution in [-0.2, 0) is 4.79 Å². The van der Waals surface area contributed by atoms with E-state index in [-0.39, 0.29) is 11.9 Å². The lowest BCUT2D eigenvalue weighted by molar-refractivity contribution is -0.121. The number of hydrogen-bond donors (Lipinski definition) is 1. The summed E-state index contributed by atoms with van der Waals surface area (Å²) >= 11 is 7.55. The van der Waals surface area contributed by atoms with Crippen molar-refractivity contribution in [3.8, 4) is 0 Å². The third-order valence-electron chi connectivity index (χ3n) is 3.66. The Kier molecular flexibility index (Phi) is 7.67. The second-order valence-electron chi connectivity index (χ2n) is 6.21. The largest absolute Gasteiger partial charge is 0.349 e. The number of carbonyl (C=O) groups excluding carboxylic acids is 1. The van der Waals surface area contributed by atoms with Crippen molar-refractivity contribution in [1.82, 2.24) is 5.32 Å².